The predicted molar refractivity (Wildman–Crippen MR) is 58.5 cm³/mol. The van der Waals surface area contributed by atoms with Crippen LogP contribution in [0.4, 0.5) is 0 Å². The molecule has 0 aliphatic carbocycles. The Morgan fingerprint density at radius 3 is 2.13 bits per heavy atom. The standard InChI is InChI=1S/C11H8N2OS/c1-14-10-4-2-8(3-5-10)11(15)9(6-12)7-13/h2-5,15H,1H3/p-1. The monoisotopic (exact) mass is 215 g/mol. The summed E-state index contributed by atoms with van der Waals surface area (Å²) in [7, 11) is 1.56. The molecule has 0 atom stereocenters. The summed E-state index contributed by atoms with van der Waals surface area (Å²) in [5.74, 6) is 0.706. The van der Waals surface area contributed by atoms with Crippen LogP contribution in [0.3, 0.4) is 0 Å². The van der Waals surface area contributed by atoms with Gasteiger partial charge in [-0.25, -0.2) is 0 Å². The Labute approximate surface area is 93.6 Å². The summed E-state index contributed by atoms with van der Waals surface area (Å²) >= 11 is 5.00. The van der Waals surface area contributed by atoms with Crippen molar-refractivity contribution >= 4 is 17.5 Å². The number of hydrogen-bond acceptors (Lipinski definition) is 4. The van der Waals surface area contributed by atoms with E-state index in [1.807, 2.05) is 0 Å². The molecule has 0 saturated heterocycles. The molecule has 0 aliphatic heterocycles. The number of hydrogen-bond donors (Lipinski definition) is 0. The van der Waals surface area contributed by atoms with Gasteiger partial charge in [-0.3, -0.25) is 0 Å². The lowest BCUT2D eigenvalue weighted by molar-refractivity contribution is 0.415. The lowest BCUT2D eigenvalue weighted by atomic mass is 10.1. The summed E-state index contributed by atoms with van der Waals surface area (Å²) in [6, 6.07) is 10.4. The van der Waals surface area contributed by atoms with Gasteiger partial charge < -0.3 is 17.4 Å². The van der Waals surface area contributed by atoms with Gasteiger partial charge >= 0.3 is 0 Å². The number of methoxy groups -OCH3 is 1. The van der Waals surface area contributed by atoms with Gasteiger partial charge in [-0.2, -0.15) is 10.5 Å². The normalized spacial score (nSPS) is 8.47. The molecule has 0 aromatic heterocycles. The molecule has 0 bridgehead atoms. The number of nitriles is 2. The van der Waals surface area contributed by atoms with E-state index in [1.54, 1.807) is 43.5 Å². The maximum absolute atomic E-state index is 8.64. The minimum Gasteiger partial charge on any atom is -0.777 e. The van der Waals surface area contributed by atoms with Crippen LogP contribution in [0.1, 0.15) is 5.56 Å². The van der Waals surface area contributed by atoms with E-state index >= 15 is 0 Å². The van der Waals surface area contributed by atoms with E-state index in [1.165, 1.54) is 0 Å². The SMILES string of the molecule is COc1ccc(C([S-])=C(C#N)C#N)cc1. The van der Waals surface area contributed by atoms with Crippen molar-refractivity contribution in [2.75, 3.05) is 7.11 Å². The third kappa shape index (κ3) is 2.46. The molecular weight excluding hydrogens is 208 g/mol. The van der Waals surface area contributed by atoms with Crippen LogP contribution in [0, 0.1) is 22.7 Å². The Bertz CT molecular complexity index is 447. The molecule has 0 unspecified atom stereocenters. The first-order chi connectivity index (χ1) is 7.22. The van der Waals surface area contributed by atoms with Gasteiger partial charge in [-0.1, -0.05) is 12.1 Å². The first-order valence-corrected chi connectivity index (χ1v) is 4.49. The highest BCUT2D eigenvalue weighted by molar-refractivity contribution is 7.70. The largest absolute Gasteiger partial charge is 0.777 e. The second-order valence-corrected chi connectivity index (χ2v) is 3.06. The Kier molecular flexibility index (Phi) is 3.68. The van der Waals surface area contributed by atoms with Crippen LogP contribution in [-0.2, 0) is 12.6 Å². The van der Waals surface area contributed by atoms with E-state index in [4.69, 9.17) is 27.9 Å². The Balaban J connectivity index is 3.14. The molecule has 1 aromatic carbocycles. The second kappa shape index (κ2) is 4.99. The van der Waals surface area contributed by atoms with Crippen LogP contribution in [0.5, 0.6) is 5.75 Å². The lowest BCUT2D eigenvalue weighted by Gasteiger charge is -2.12. The van der Waals surface area contributed by atoms with Gasteiger partial charge in [0, 0.05) is 0 Å². The molecule has 0 N–H and O–H groups in total. The van der Waals surface area contributed by atoms with E-state index in [0.29, 0.717) is 11.3 Å². The molecule has 1 aromatic rings. The smallest absolute Gasteiger partial charge is 0.118 e. The number of ether oxygens (including phenoxy) is 1. The molecular formula is C11H7N2OS-. The predicted octanol–water partition coefficient (Wildman–Crippen LogP) is 2.00. The van der Waals surface area contributed by atoms with Crippen molar-refractivity contribution in [2.45, 2.75) is 0 Å². The fourth-order valence-electron chi connectivity index (χ4n) is 1.01. The summed E-state index contributed by atoms with van der Waals surface area (Å²) in [5.41, 5.74) is 0.624. The highest BCUT2D eigenvalue weighted by Gasteiger charge is 1.97. The van der Waals surface area contributed by atoms with Crippen molar-refractivity contribution in [1.29, 1.82) is 10.5 Å². The summed E-state index contributed by atoms with van der Waals surface area (Å²) in [4.78, 5) is 0.266. The Hall–Kier alpha value is -2.04. The maximum atomic E-state index is 8.64. The molecule has 0 aliphatic rings. The van der Waals surface area contributed by atoms with Crippen molar-refractivity contribution < 1.29 is 4.74 Å². The van der Waals surface area contributed by atoms with E-state index in [2.05, 4.69) is 0 Å². The van der Waals surface area contributed by atoms with Crippen molar-refractivity contribution in [1.82, 2.24) is 0 Å². The fraction of sp³-hybridized carbons (Fsp3) is 0.0909. The van der Waals surface area contributed by atoms with Crippen LogP contribution in [0.25, 0.3) is 4.91 Å². The zero-order valence-corrected chi connectivity index (χ0v) is 8.84. The number of nitrogens with zero attached hydrogens (tertiary/aromatic N) is 2. The van der Waals surface area contributed by atoms with Gasteiger partial charge in [-0.05, 0) is 17.7 Å². The van der Waals surface area contributed by atoms with Crippen LogP contribution in [-0.4, -0.2) is 7.11 Å². The quantitative estimate of drug-likeness (QED) is 0.559. The third-order valence-electron chi connectivity index (χ3n) is 1.80. The number of allylic oxidation sites excluding steroid dienone is 1. The first kappa shape index (κ1) is 11.0. The van der Waals surface area contributed by atoms with E-state index in [-0.39, 0.29) is 10.5 Å². The zero-order valence-electron chi connectivity index (χ0n) is 8.02. The molecule has 0 heterocycles. The molecule has 74 valence electrons. The highest BCUT2D eigenvalue weighted by atomic mass is 32.1. The topological polar surface area (TPSA) is 56.8 Å². The van der Waals surface area contributed by atoms with Crippen molar-refractivity contribution in [3.8, 4) is 17.9 Å². The van der Waals surface area contributed by atoms with E-state index < -0.39 is 0 Å². The minimum absolute atomic E-state index is 0.0461. The summed E-state index contributed by atoms with van der Waals surface area (Å²) in [6.07, 6.45) is 0. The van der Waals surface area contributed by atoms with Gasteiger partial charge in [0.1, 0.15) is 23.5 Å². The Morgan fingerprint density at radius 2 is 1.73 bits per heavy atom. The molecule has 0 radical (unpaired) electrons. The zero-order chi connectivity index (χ0) is 11.3. The molecule has 0 amide bonds. The molecule has 3 nitrogen and oxygen atoms in total. The summed E-state index contributed by atoms with van der Waals surface area (Å²) in [6.45, 7) is 0. The van der Waals surface area contributed by atoms with Gasteiger partial charge in [0.05, 0.1) is 7.11 Å². The number of rotatable bonds is 2. The van der Waals surface area contributed by atoms with Crippen LogP contribution in [0.2, 0.25) is 0 Å². The van der Waals surface area contributed by atoms with Crippen LogP contribution < -0.4 is 4.74 Å². The maximum Gasteiger partial charge on any atom is 0.118 e. The molecule has 4 heteroatoms. The second-order valence-electron chi connectivity index (χ2n) is 2.66. The van der Waals surface area contributed by atoms with Gasteiger partial charge in [-0.15, -0.1) is 4.91 Å². The first-order valence-electron chi connectivity index (χ1n) is 4.09. The van der Waals surface area contributed by atoms with Gasteiger partial charge in [0.25, 0.3) is 0 Å². The third-order valence-corrected chi connectivity index (χ3v) is 2.24. The summed E-state index contributed by atoms with van der Waals surface area (Å²) < 4.78 is 4.98. The van der Waals surface area contributed by atoms with E-state index in [0.717, 1.165) is 0 Å². The minimum atomic E-state index is -0.0461. The van der Waals surface area contributed by atoms with Gasteiger partial charge in [0.2, 0.25) is 0 Å². The van der Waals surface area contributed by atoms with Crippen molar-refractivity contribution in [2.24, 2.45) is 0 Å². The Morgan fingerprint density at radius 1 is 1.20 bits per heavy atom. The average Bonchev–Trinajstić information content (AvgIpc) is 2.30. The average molecular weight is 215 g/mol. The van der Waals surface area contributed by atoms with Crippen molar-refractivity contribution in [3.05, 3.63) is 35.4 Å². The lowest BCUT2D eigenvalue weighted by Crippen LogP contribution is -1.87. The van der Waals surface area contributed by atoms with Crippen LogP contribution >= 0.6 is 0 Å². The van der Waals surface area contributed by atoms with Gasteiger partial charge in [0.15, 0.2) is 0 Å². The fourth-order valence-corrected chi connectivity index (χ4v) is 1.24. The molecule has 0 fully saturated rings. The molecule has 15 heavy (non-hydrogen) atoms. The summed E-state index contributed by atoms with van der Waals surface area (Å²) in [5, 5.41) is 17.3. The molecule has 0 saturated carbocycles. The number of benzene rings is 1. The molecule has 1 rings (SSSR count). The van der Waals surface area contributed by atoms with Crippen LogP contribution in [0.15, 0.2) is 29.8 Å². The van der Waals surface area contributed by atoms with E-state index in [9.17, 15) is 0 Å². The molecule has 0 spiro atoms. The van der Waals surface area contributed by atoms with Crippen molar-refractivity contribution in [3.63, 3.8) is 0 Å². The highest BCUT2D eigenvalue weighted by Crippen LogP contribution is 2.19.